The maximum absolute atomic E-state index is 5.11. The summed E-state index contributed by atoms with van der Waals surface area (Å²) in [7, 11) is 7.09. The minimum atomic E-state index is -1.79. The summed E-state index contributed by atoms with van der Waals surface area (Å²) in [6.45, 7) is 0. The van der Waals surface area contributed by atoms with Crippen LogP contribution in [0, 0.1) is 0 Å². The van der Waals surface area contributed by atoms with Crippen LogP contribution in [-0.4, -0.2) is 48.1 Å². The first-order valence-corrected chi connectivity index (χ1v) is 6.25. The second kappa shape index (κ2) is 3.87. The summed E-state index contributed by atoms with van der Waals surface area (Å²) in [5, 5.41) is 0. The van der Waals surface area contributed by atoms with Gasteiger partial charge in [-0.25, -0.2) is 0 Å². The Morgan fingerprint density at radius 2 is 1.56 bits per heavy atom. The van der Waals surface area contributed by atoms with E-state index in [1.165, 1.54) is 0 Å². The zero-order chi connectivity index (χ0) is 7.49. The second-order valence-electron chi connectivity index (χ2n) is 1.68. The van der Waals surface area contributed by atoms with E-state index in [4.69, 9.17) is 9.05 Å². The molecule has 0 spiro atoms. The minimum absolute atomic E-state index is 1.63. The van der Waals surface area contributed by atoms with Crippen molar-refractivity contribution in [1.82, 2.24) is 4.67 Å². The van der Waals surface area contributed by atoms with E-state index >= 15 is 0 Å². The van der Waals surface area contributed by atoms with Crippen molar-refractivity contribution in [2.24, 2.45) is 0 Å². The van der Waals surface area contributed by atoms with Crippen LogP contribution in [0.3, 0.4) is 0 Å². The van der Waals surface area contributed by atoms with Crippen LogP contribution in [0.2, 0.25) is 0 Å². The summed E-state index contributed by atoms with van der Waals surface area (Å²) in [6, 6.07) is 0. The Kier molecular flexibility index (Phi) is 4.22. The van der Waals surface area contributed by atoms with Gasteiger partial charge < -0.3 is 0 Å². The van der Waals surface area contributed by atoms with Crippen LogP contribution in [0.4, 0.5) is 0 Å². The molecule has 0 amide bonds. The monoisotopic (exact) mass is 217 g/mol. The Labute approximate surface area is 63.8 Å². The van der Waals surface area contributed by atoms with E-state index in [1.807, 2.05) is 18.8 Å². The van der Waals surface area contributed by atoms with Gasteiger partial charge >= 0.3 is 63.2 Å². The first-order valence-electron chi connectivity index (χ1n) is 2.46. The van der Waals surface area contributed by atoms with Crippen LogP contribution in [0.15, 0.2) is 0 Å². The fourth-order valence-corrected chi connectivity index (χ4v) is 1.20. The van der Waals surface area contributed by atoms with Crippen LogP contribution in [-0.2, 0) is 9.05 Å². The van der Waals surface area contributed by atoms with Crippen molar-refractivity contribution in [1.29, 1.82) is 0 Å². The summed E-state index contributed by atoms with van der Waals surface area (Å²) in [5.74, 6) is 0. The van der Waals surface area contributed by atoms with Gasteiger partial charge in [0.2, 0.25) is 0 Å². The molecule has 0 fully saturated rings. The van der Waals surface area contributed by atoms with E-state index in [2.05, 4.69) is 15.1 Å². The summed E-state index contributed by atoms with van der Waals surface area (Å²) in [6.07, 6.45) is -1.79. The Morgan fingerprint density at radius 1 is 1.22 bits per heavy atom. The molecule has 0 atom stereocenters. The van der Waals surface area contributed by atoms with Gasteiger partial charge in [0.15, 0.2) is 0 Å². The molecule has 0 N–H and O–H groups in total. The predicted molar refractivity (Wildman–Crippen MR) is 40.4 cm³/mol. The van der Waals surface area contributed by atoms with Gasteiger partial charge in [-0.3, -0.25) is 0 Å². The molecule has 0 aromatic rings. The molecule has 0 bridgehead atoms. The van der Waals surface area contributed by atoms with Crippen molar-refractivity contribution < 1.29 is 9.05 Å². The van der Waals surface area contributed by atoms with E-state index in [0.29, 0.717) is 0 Å². The number of rotatable bonds is 3. The van der Waals surface area contributed by atoms with Gasteiger partial charge in [0.1, 0.15) is 0 Å². The average molecular weight is 216 g/mol. The van der Waals surface area contributed by atoms with Gasteiger partial charge in [0.05, 0.1) is 0 Å². The van der Waals surface area contributed by atoms with Crippen molar-refractivity contribution in [3.05, 3.63) is 0 Å². The van der Waals surface area contributed by atoms with Crippen molar-refractivity contribution in [2.45, 2.75) is 0 Å². The Balaban J connectivity index is 4.11. The van der Waals surface area contributed by atoms with Gasteiger partial charge in [-0.1, -0.05) is 0 Å². The molecule has 0 saturated heterocycles. The molecule has 5 heteroatoms. The molecular weight excluding hydrogens is 204 g/mol. The molecule has 0 rings (SSSR count). The van der Waals surface area contributed by atoms with Crippen molar-refractivity contribution in [3.8, 4) is 0 Å². The van der Waals surface area contributed by atoms with Crippen molar-refractivity contribution in [3.63, 3.8) is 0 Å². The maximum atomic E-state index is 5.11. The fraction of sp³-hybridized carbons (Fsp3) is 1.00. The van der Waals surface area contributed by atoms with E-state index < -0.39 is 6.11 Å². The molecule has 0 aromatic heterocycles. The Bertz CT molecular complexity index is 120. The quantitative estimate of drug-likeness (QED) is 0.511. The van der Waals surface area contributed by atoms with Crippen molar-refractivity contribution in [2.75, 3.05) is 28.3 Å². The predicted octanol–water partition coefficient (Wildman–Crippen LogP) is 0.687. The van der Waals surface area contributed by atoms with Gasteiger partial charge in [-0.15, -0.1) is 0 Å². The molecule has 9 heavy (non-hydrogen) atoms. The molecule has 0 aliphatic carbocycles. The van der Waals surface area contributed by atoms with Gasteiger partial charge in [-0.2, -0.15) is 0 Å². The average Bonchev–Trinajstić information content (AvgIpc) is 1.86. The molecule has 0 aliphatic heterocycles. The molecule has 0 aliphatic rings. The zero-order valence-corrected chi connectivity index (χ0v) is 8.73. The number of hydrogen-bond acceptors (Lipinski definition) is 3. The van der Waals surface area contributed by atoms with Crippen LogP contribution in [0.25, 0.3) is 0 Å². The molecule has 56 valence electrons. The SMILES string of the molecule is COP(=[Se])(OC)N(C)C. The summed E-state index contributed by atoms with van der Waals surface area (Å²) >= 11 is 2.88. The van der Waals surface area contributed by atoms with Crippen LogP contribution in [0.1, 0.15) is 0 Å². The Hall–Kier alpha value is 0.829. The summed E-state index contributed by atoms with van der Waals surface area (Å²) in [4.78, 5) is 0. The topological polar surface area (TPSA) is 21.7 Å². The zero-order valence-electron chi connectivity index (χ0n) is 6.12. The molecule has 0 saturated carbocycles. The third kappa shape index (κ3) is 2.50. The molecule has 3 nitrogen and oxygen atoms in total. The van der Waals surface area contributed by atoms with Crippen LogP contribution >= 0.6 is 6.11 Å². The van der Waals surface area contributed by atoms with E-state index in [-0.39, 0.29) is 0 Å². The van der Waals surface area contributed by atoms with E-state index in [9.17, 15) is 0 Å². The number of hydrogen-bond donors (Lipinski definition) is 0. The summed E-state index contributed by atoms with van der Waals surface area (Å²) in [5.41, 5.74) is 0. The second-order valence-corrected chi connectivity index (χ2v) is 7.05. The fourth-order valence-electron chi connectivity index (χ4n) is 0.401. The molecular formula is C4H12NO2PSe. The molecule has 0 aromatic carbocycles. The first-order chi connectivity index (χ1) is 4.06. The van der Waals surface area contributed by atoms with Gasteiger partial charge in [0.25, 0.3) is 0 Å². The van der Waals surface area contributed by atoms with Gasteiger partial charge in [-0.05, 0) is 0 Å². The molecule has 0 unspecified atom stereocenters. The first kappa shape index (κ1) is 9.83. The van der Waals surface area contributed by atoms with Crippen molar-refractivity contribution >= 4 is 21.2 Å². The van der Waals surface area contributed by atoms with Crippen LogP contribution < -0.4 is 0 Å². The standard InChI is InChI=1S/C4H12NO2PSe/c1-5(2)8(9,6-3)7-4/h1-4H3. The Morgan fingerprint density at radius 3 is 1.56 bits per heavy atom. The molecule has 0 radical (unpaired) electrons. The van der Waals surface area contributed by atoms with Crippen LogP contribution in [0.5, 0.6) is 0 Å². The van der Waals surface area contributed by atoms with E-state index in [0.717, 1.165) is 0 Å². The van der Waals surface area contributed by atoms with E-state index in [1.54, 1.807) is 14.2 Å². The third-order valence-electron chi connectivity index (χ3n) is 0.951. The normalized spacial score (nSPS) is 12.6. The van der Waals surface area contributed by atoms with Gasteiger partial charge in [0, 0.05) is 0 Å². The third-order valence-corrected chi connectivity index (χ3v) is 6.79. The number of nitrogens with zero attached hydrogens (tertiary/aromatic N) is 1. The molecule has 0 heterocycles. The summed E-state index contributed by atoms with van der Waals surface area (Å²) < 4.78 is 12.1.